The highest BCUT2D eigenvalue weighted by Crippen LogP contribution is 2.18. The fourth-order valence-corrected chi connectivity index (χ4v) is 2.88. The van der Waals surface area contributed by atoms with Gasteiger partial charge in [0.25, 0.3) is 0 Å². The van der Waals surface area contributed by atoms with Gasteiger partial charge in [-0.15, -0.1) is 0 Å². The molecular weight excluding hydrogens is 314 g/mol. The lowest BCUT2D eigenvalue weighted by molar-refractivity contribution is 0.0650. The van der Waals surface area contributed by atoms with E-state index in [9.17, 15) is 9.90 Å². The molecule has 3 N–H and O–H groups in total. The molecule has 1 aromatic rings. The van der Waals surface area contributed by atoms with E-state index in [4.69, 9.17) is 0 Å². The van der Waals surface area contributed by atoms with E-state index in [0.29, 0.717) is 6.54 Å². The molecular formula is C20H33N3O2. The molecule has 1 atom stereocenters. The van der Waals surface area contributed by atoms with Crippen LogP contribution in [0.3, 0.4) is 0 Å². The first-order chi connectivity index (χ1) is 11.8. The average Bonchev–Trinajstić information content (AvgIpc) is 2.59. The number of aliphatic hydroxyl groups excluding tert-OH is 1. The van der Waals surface area contributed by atoms with Crippen molar-refractivity contribution in [2.24, 2.45) is 5.41 Å². The van der Waals surface area contributed by atoms with Gasteiger partial charge in [-0.3, -0.25) is 4.90 Å². The van der Waals surface area contributed by atoms with E-state index in [1.807, 2.05) is 20.8 Å². The summed E-state index contributed by atoms with van der Waals surface area (Å²) in [6, 6.07) is 8.19. The molecule has 0 bridgehead atoms. The van der Waals surface area contributed by atoms with Gasteiger partial charge in [-0.05, 0) is 42.5 Å². The number of piperidine rings is 1. The molecule has 0 radical (unpaired) electrons. The van der Waals surface area contributed by atoms with Crippen LogP contribution < -0.4 is 10.6 Å². The van der Waals surface area contributed by atoms with Gasteiger partial charge in [-0.1, -0.05) is 51.5 Å². The van der Waals surface area contributed by atoms with Crippen molar-refractivity contribution < 1.29 is 9.90 Å². The Labute approximate surface area is 151 Å². The highest BCUT2D eigenvalue weighted by Gasteiger charge is 2.22. The summed E-state index contributed by atoms with van der Waals surface area (Å²) in [5.74, 6) is 0. The van der Waals surface area contributed by atoms with Crippen molar-refractivity contribution in [2.75, 3.05) is 19.6 Å². The second-order valence-corrected chi connectivity index (χ2v) is 8.10. The van der Waals surface area contributed by atoms with Gasteiger partial charge in [0, 0.05) is 19.6 Å². The van der Waals surface area contributed by atoms with Crippen LogP contribution in [0.2, 0.25) is 0 Å². The summed E-state index contributed by atoms with van der Waals surface area (Å²) >= 11 is 0. The molecule has 140 valence electrons. The van der Waals surface area contributed by atoms with Crippen LogP contribution in [-0.4, -0.2) is 41.8 Å². The molecule has 2 rings (SSSR count). The van der Waals surface area contributed by atoms with E-state index in [0.717, 1.165) is 12.1 Å². The molecule has 0 saturated carbocycles. The topological polar surface area (TPSA) is 64.6 Å². The van der Waals surface area contributed by atoms with Gasteiger partial charge in [0.15, 0.2) is 0 Å². The molecule has 5 nitrogen and oxygen atoms in total. The zero-order chi connectivity index (χ0) is 18.3. The molecule has 1 aromatic carbocycles. The monoisotopic (exact) mass is 347 g/mol. The summed E-state index contributed by atoms with van der Waals surface area (Å²) < 4.78 is 0. The maximum absolute atomic E-state index is 11.8. The lowest BCUT2D eigenvalue weighted by atomic mass is 9.89. The normalized spacial score (nSPS) is 17.1. The molecule has 1 unspecified atom stereocenters. The van der Waals surface area contributed by atoms with Crippen LogP contribution in [0.4, 0.5) is 4.79 Å². The Morgan fingerprint density at radius 2 is 1.68 bits per heavy atom. The van der Waals surface area contributed by atoms with E-state index in [2.05, 4.69) is 39.8 Å². The van der Waals surface area contributed by atoms with Crippen LogP contribution >= 0.6 is 0 Å². The fraction of sp³-hybridized carbons (Fsp3) is 0.650. The van der Waals surface area contributed by atoms with Crippen molar-refractivity contribution in [2.45, 2.75) is 59.2 Å². The number of carbonyl (C=O) groups is 1. The number of aliphatic hydroxyl groups is 1. The largest absolute Gasteiger partial charge is 0.391 e. The smallest absolute Gasteiger partial charge is 0.315 e. The lowest BCUT2D eigenvalue weighted by Crippen LogP contribution is -2.43. The predicted molar refractivity (Wildman–Crippen MR) is 101 cm³/mol. The number of likely N-dealkylation sites (tertiary alicyclic amines) is 1. The fourth-order valence-electron chi connectivity index (χ4n) is 2.88. The summed E-state index contributed by atoms with van der Waals surface area (Å²) in [6.45, 7) is 9.99. The van der Waals surface area contributed by atoms with Crippen LogP contribution in [0.25, 0.3) is 0 Å². The molecule has 0 aromatic heterocycles. The number of urea groups is 1. The minimum absolute atomic E-state index is 0.239. The Morgan fingerprint density at radius 1 is 1.08 bits per heavy atom. The second kappa shape index (κ2) is 9.20. The van der Waals surface area contributed by atoms with Gasteiger partial charge in [-0.25, -0.2) is 4.79 Å². The van der Waals surface area contributed by atoms with Gasteiger partial charge in [0.05, 0.1) is 6.10 Å². The van der Waals surface area contributed by atoms with Gasteiger partial charge < -0.3 is 15.7 Å². The Balaban J connectivity index is 1.71. The second-order valence-electron chi connectivity index (χ2n) is 8.10. The maximum Gasteiger partial charge on any atom is 0.315 e. The van der Waals surface area contributed by atoms with Crippen LogP contribution in [0.1, 0.15) is 51.2 Å². The van der Waals surface area contributed by atoms with Crippen molar-refractivity contribution in [1.29, 1.82) is 0 Å². The Morgan fingerprint density at radius 3 is 2.28 bits per heavy atom. The van der Waals surface area contributed by atoms with E-state index >= 15 is 0 Å². The van der Waals surface area contributed by atoms with Crippen molar-refractivity contribution in [3.05, 3.63) is 35.4 Å². The molecule has 1 aliphatic rings. The molecule has 1 aliphatic heterocycles. The van der Waals surface area contributed by atoms with Crippen LogP contribution in [-0.2, 0) is 13.1 Å². The third-order valence-corrected chi connectivity index (χ3v) is 4.79. The first kappa shape index (κ1) is 19.7. The molecule has 0 spiro atoms. The Kier molecular flexibility index (Phi) is 7.26. The van der Waals surface area contributed by atoms with Crippen molar-refractivity contribution in [3.8, 4) is 0 Å². The maximum atomic E-state index is 11.8. The summed E-state index contributed by atoms with van der Waals surface area (Å²) in [7, 11) is 0. The van der Waals surface area contributed by atoms with Gasteiger partial charge >= 0.3 is 6.03 Å². The molecule has 25 heavy (non-hydrogen) atoms. The number of carbonyl (C=O) groups excluding carboxylic acids is 1. The predicted octanol–water partition coefficient (Wildman–Crippen LogP) is 2.88. The first-order valence-corrected chi connectivity index (χ1v) is 9.34. The molecule has 2 amide bonds. The van der Waals surface area contributed by atoms with Crippen molar-refractivity contribution in [1.82, 2.24) is 15.5 Å². The molecule has 1 fully saturated rings. The number of nitrogens with zero attached hydrogens (tertiary/aromatic N) is 1. The number of amides is 2. The lowest BCUT2D eigenvalue weighted by Gasteiger charge is -2.26. The van der Waals surface area contributed by atoms with Gasteiger partial charge in [0.1, 0.15) is 0 Å². The third-order valence-electron chi connectivity index (χ3n) is 4.79. The van der Waals surface area contributed by atoms with E-state index in [-0.39, 0.29) is 18.0 Å². The van der Waals surface area contributed by atoms with E-state index < -0.39 is 6.10 Å². The molecule has 1 heterocycles. The Bertz CT molecular complexity index is 531. The van der Waals surface area contributed by atoms with Crippen molar-refractivity contribution in [3.63, 3.8) is 0 Å². The van der Waals surface area contributed by atoms with E-state index in [1.165, 1.54) is 37.9 Å². The summed E-state index contributed by atoms with van der Waals surface area (Å²) in [4.78, 5) is 14.3. The molecule has 5 heteroatoms. The Hall–Kier alpha value is -1.59. The van der Waals surface area contributed by atoms with Crippen LogP contribution in [0.5, 0.6) is 0 Å². The van der Waals surface area contributed by atoms with E-state index in [1.54, 1.807) is 0 Å². The number of nitrogens with one attached hydrogen (secondary N) is 2. The first-order valence-electron chi connectivity index (χ1n) is 9.34. The highest BCUT2D eigenvalue weighted by molar-refractivity contribution is 5.73. The summed E-state index contributed by atoms with van der Waals surface area (Å²) in [6.07, 6.45) is 3.41. The summed E-state index contributed by atoms with van der Waals surface area (Å²) in [5, 5.41) is 15.5. The van der Waals surface area contributed by atoms with Gasteiger partial charge in [-0.2, -0.15) is 0 Å². The number of hydrogen-bond acceptors (Lipinski definition) is 3. The summed E-state index contributed by atoms with van der Waals surface area (Å²) in [5.41, 5.74) is 2.16. The van der Waals surface area contributed by atoms with Crippen molar-refractivity contribution >= 4 is 6.03 Å². The SMILES string of the molecule is CC(C)(C)C(O)CNC(=O)NCc1ccc(CN2CCCCC2)cc1. The molecule has 1 saturated heterocycles. The number of rotatable bonds is 6. The molecule has 0 aliphatic carbocycles. The van der Waals surface area contributed by atoms with Gasteiger partial charge in [0.2, 0.25) is 0 Å². The van der Waals surface area contributed by atoms with Crippen LogP contribution in [0, 0.1) is 5.41 Å². The highest BCUT2D eigenvalue weighted by atomic mass is 16.3. The zero-order valence-corrected chi connectivity index (χ0v) is 15.8. The zero-order valence-electron chi connectivity index (χ0n) is 15.8. The minimum atomic E-state index is -0.563. The quantitative estimate of drug-likeness (QED) is 0.741. The standard InChI is InChI=1S/C20H33N3O2/c1-20(2,3)18(24)14-22-19(25)21-13-16-7-9-17(10-8-16)15-23-11-5-4-6-12-23/h7-10,18,24H,4-6,11-15H2,1-3H3,(H2,21,22,25). The number of benzene rings is 1. The minimum Gasteiger partial charge on any atom is -0.391 e. The number of hydrogen-bond donors (Lipinski definition) is 3. The third kappa shape index (κ3) is 7.04. The van der Waals surface area contributed by atoms with Crippen LogP contribution in [0.15, 0.2) is 24.3 Å². The average molecular weight is 348 g/mol.